The number of amides is 2. The minimum Gasteiger partial charge on any atom is -0.450 e. The fourth-order valence-electron chi connectivity index (χ4n) is 2.39. The summed E-state index contributed by atoms with van der Waals surface area (Å²) in [6.07, 6.45) is -0.408. The van der Waals surface area contributed by atoms with Crippen LogP contribution in [0.15, 0.2) is 0 Å². The lowest BCUT2D eigenvalue weighted by atomic mass is 10.2. The lowest BCUT2D eigenvalue weighted by Crippen LogP contribution is -2.59. The van der Waals surface area contributed by atoms with E-state index in [1.54, 1.807) is 20.8 Å². The molecule has 1 rings (SSSR count). The molecule has 1 heterocycles. The van der Waals surface area contributed by atoms with E-state index < -0.39 is 24.9 Å². The van der Waals surface area contributed by atoms with Gasteiger partial charge in [-0.1, -0.05) is 0 Å². The monoisotopic (exact) mass is 401 g/mol. The summed E-state index contributed by atoms with van der Waals surface area (Å²) in [5.41, 5.74) is 6.07. The van der Waals surface area contributed by atoms with Gasteiger partial charge in [-0.15, -0.1) is 12.4 Å². The van der Waals surface area contributed by atoms with Crippen LogP contribution in [0.5, 0.6) is 0 Å². The number of ether oxygens (including phenoxy) is 1. The van der Waals surface area contributed by atoms with E-state index in [9.17, 15) is 14.2 Å². The van der Waals surface area contributed by atoms with Crippen molar-refractivity contribution in [1.82, 2.24) is 9.80 Å². The number of piperazine rings is 1. The molecule has 148 valence electrons. The van der Waals surface area contributed by atoms with Crippen LogP contribution in [-0.2, 0) is 23.1 Å². The van der Waals surface area contributed by atoms with Crippen molar-refractivity contribution >= 4 is 32.0 Å². The molecule has 1 saturated heterocycles. The predicted octanol–water partition coefficient (Wildman–Crippen LogP) is 1.65. The van der Waals surface area contributed by atoms with Gasteiger partial charge in [-0.2, -0.15) is 0 Å². The van der Waals surface area contributed by atoms with Gasteiger partial charge in [-0.05, 0) is 27.7 Å². The molecule has 0 aromatic heterocycles. The highest BCUT2D eigenvalue weighted by Gasteiger charge is 2.52. The molecule has 2 amide bonds. The van der Waals surface area contributed by atoms with Crippen LogP contribution in [0.1, 0.15) is 27.7 Å². The fraction of sp³-hybridized carbons (Fsp3) is 0.857. The first-order valence-corrected chi connectivity index (χ1v) is 9.66. The largest absolute Gasteiger partial charge is 0.450 e. The predicted molar refractivity (Wildman–Crippen MR) is 95.9 cm³/mol. The molecule has 0 aliphatic carbocycles. The second-order valence-corrected chi connectivity index (χ2v) is 7.90. The Morgan fingerprint density at radius 2 is 1.44 bits per heavy atom. The van der Waals surface area contributed by atoms with Crippen LogP contribution in [0.3, 0.4) is 0 Å². The molecule has 0 spiro atoms. The van der Waals surface area contributed by atoms with Gasteiger partial charge in [0.05, 0.1) is 19.8 Å². The molecule has 0 unspecified atom stereocenters. The Kier molecular flexibility index (Phi) is 9.97. The number of carbonyl (C=O) groups is 2. The normalized spacial score (nSPS) is 17.5. The molecule has 0 aromatic carbocycles. The van der Waals surface area contributed by atoms with Gasteiger partial charge in [0.1, 0.15) is 0 Å². The van der Waals surface area contributed by atoms with Crippen molar-refractivity contribution in [3.63, 3.8) is 0 Å². The Morgan fingerprint density at radius 3 is 1.84 bits per heavy atom. The van der Waals surface area contributed by atoms with Crippen molar-refractivity contribution in [2.24, 2.45) is 5.73 Å². The molecule has 0 bridgehead atoms. The highest BCUT2D eigenvalue weighted by Crippen LogP contribution is 2.57. The molecule has 1 aliphatic heterocycles. The van der Waals surface area contributed by atoms with Gasteiger partial charge in [-0.3, -0.25) is 9.36 Å². The van der Waals surface area contributed by atoms with E-state index in [-0.39, 0.29) is 38.7 Å². The number of nitrogens with zero attached hydrogens (tertiary/aromatic N) is 2. The van der Waals surface area contributed by atoms with Crippen LogP contribution in [0, 0.1) is 0 Å². The van der Waals surface area contributed by atoms with E-state index in [4.69, 9.17) is 19.5 Å². The third-order valence-electron chi connectivity index (χ3n) is 3.69. The molecule has 1 fully saturated rings. The van der Waals surface area contributed by atoms with Gasteiger partial charge in [0.25, 0.3) is 5.91 Å². The summed E-state index contributed by atoms with van der Waals surface area (Å²) in [4.78, 5) is 27.4. The van der Waals surface area contributed by atoms with Crippen LogP contribution in [0.2, 0.25) is 0 Å². The van der Waals surface area contributed by atoms with Crippen LogP contribution in [-0.4, -0.2) is 73.1 Å². The van der Waals surface area contributed by atoms with Gasteiger partial charge in [-0.25, -0.2) is 4.79 Å². The third-order valence-corrected chi connectivity index (χ3v) is 6.22. The second-order valence-electron chi connectivity index (χ2n) is 5.46. The summed E-state index contributed by atoms with van der Waals surface area (Å²) in [5, 5.41) is -1.79. The Labute approximate surface area is 155 Å². The highest BCUT2D eigenvalue weighted by molar-refractivity contribution is 7.56. The minimum absolute atomic E-state index is 0. The summed E-state index contributed by atoms with van der Waals surface area (Å²) >= 11 is 0. The second kappa shape index (κ2) is 10.3. The van der Waals surface area contributed by atoms with Gasteiger partial charge >= 0.3 is 13.7 Å². The third kappa shape index (κ3) is 5.56. The Balaban J connectivity index is 0.00000576. The fourth-order valence-corrected chi connectivity index (χ4v) is 4.06. The van der Waals surface area contributed by atoms with Crippen molar-refractivity contribution in [1.29, 1.82) is 0 Å². The smallest absolute Gasteiger partial charge is 0.409 e. The average Bonchev–Trinajstić information content (AvgIpc) is 2.54. The Bertz CT molecular complexity index is 487. The van der Waals surface area contributed by atoms with E-state index in [0.29, 0.717) is 19.7 Å². The minimum atomic E-state index is -3.81. The lowest BCUT2D eigenvalue weighted by molar-refractivity contribution is -0.135. The van der Waals surface area contributed by atoms with Crippen LogP contribution in [0.25, 0.3) is 0 Å². The zero-order valence-electron chi connectivity index (χ0n) is 15.2. The van der Waals surface area contributed by atoms with Crippen LogP contribution >= 0.6 is 20.0 Å². The lowest BCUT2D eigenvalue weighted by Gasteiger charge is -2.39. The maximum absolute atomic E-state index is 12.9. The molecule has 2 N–H and O–H groups in total. The van der Waals surface area contributed by atoms with E-state index in [2.05, 4.69) is 0 Å². The molecule has 0 aromatic rings. The standard InChI is InChI=1S/C14H28N3O6P.ClH/c1-5-21-13(19)17-10-8-16(9-11-17)12(18)14(4,15)24(20,22-6-2)23-7-3;/h5-11,15H2,1-4H3;1H/t14-;/m0./s1. The molecular formula is C14H29ClN3O6P. The van der Waals surface area contributed by atoms with E-state index in [0.717, 1.165) is 0 Å². The molecular weight excluding hydrogens is 373 g/mol. The zero-order valence-corrected chi connectivity index (χ0v) is 16.9. The first kappa shape index (κ1) is 24.1. The van der Waals surface area contributed by atoms with Crippen LogP contribution < -0.4 is 5.73 Å². The van der Waals surface area contributed by atoms with E-state index in [1.807, 2.05) is 0 Å². The summed E-state index contributed by atoms with van der Waals surface area (Å²) in [6.45, 7) is 8.16. The van der Waals surface area contributed by atoms with Crippen molar-refractivity contribution in [2.75, 3.05) is 46.0 Å². The molecule has 0 saturated carbocycles. The molecule has 1 atom stereocenters. The average molecular weight is 402 g/mol. The number of rotatable bonds is 7. The zero-order chi connectivity index (χ0) is 18.4. The van der Waals surface area contributed by atoms with Crippen LogP contribution in [0.4, 0.5) is 4.79 Å². The molecule has 9 nitrogen and oxygen atoms in total. The topological polar surface area (TPSA) is 111 Å². The van der Waals surface area contributed by atoms with E-state index >= 15 is 0 Å². The van der Waals surface area contributed by atoms with Gasteiger partial charge in [0.15, 0.2) is 5.28 Å². The van der Waals surface area contributed by atoms with Crippen molar-refractivity contribution in [2.45, 2.75) is 33.0 Å². The van der Waals surface area contributed by atoms with Crippen molar-refractivity contribution in [3.05, 3.63) is 0 Å². The SMILES string of the molecule is CCOC(=O)N1CCN(C(=O)[C@@](C)(N)P(=O)(OCC)OCC)CC1.Cl. The van der Waals surface area contributed by atoms with E-state index in [1.165, 1.54) is 16.7 Å². The first-order chi connectivity index (χ1) is 11.2. The molecule has 11 heteroatoms. The summed E-state index contributed by atoms with van der Waals surface area (Å²) < 4.78 is 28.2. The maximum atomic E-state index is 12.9. The molecule has 0 radical (unpaired) electrons. The van der Waals surface area contributed by atoms with Gasteiger partial charge in [0.2, 0.25) is 0 Å². The van der Waals surface area contributed by atoms with Crippen molar-refractivity contribution < 1.29 is 27.9 Å². The Morgan fingerprint density at radius 1 is 1.00 bits per heavy atom. The number of nitrogens with two attached hydrogens (primary N) is 1. The maximum Gasteiger partial charge on any atom is 0.409 e. The number of hydrogen-bond donors (Lipinski definition) is 1. The summed E-state index contributed by atoms with van der Waals surface area (Å²) in [5.74, 6) is -0.517. The summed E-state index contributed by atoms with van der Waals surface area (Å²) in [6, 6.07) is 0. The van der Waals surface area contributed by atoms with Crippen molar-refractivity contribution in [3.8, 4) is 0 Å². The highest BCUT2D eigenvalue weighted by atomic mass is 35.5. The molecule has 1 aliphatic rings. The number of halogens is 1. The summed E-state index contributed by atoms with van der Waals surface area (Å²) in [7, 11) is -3.81. The number of carbonyl (C=O) groups excluding carboxylic acids is 2. The van der Waals surface area contributed by atoms with Gasteiger partial charge < -0.3 is 29.3 Å². The van der Waals surface area contributed by atoms with Gasteiger partial charge in [0, 0.05) is 26.2 Å². The molecule has 25 heavy (non-hydrogen) atoms. The Hall–Kier alpha value is -0.860. The first-order valence-electron chi connectivity index (χ1n) is 8.12. The number of hydrogen-bond acceptors (Lipinski definition) is 7. The quantitative estimate of drug-likeness (QED) is 0.645.